The number of piperidine rings is 1. The molecular weight excluding hydrogens is 362 g/mol. The lowest BCUT2D eigenvalue weighted by Gasteiger charge is -2.36. The fourth-order valence-electron chi connectivity index (χ4n) is 4.08. The van der Waals surface area contributed by atoms with Crippen LogP contribution in [0.15, 0.2) is 30.3 Å². The second-order valence-corrected chi connectivity index (χ2v) is 7.62. The summed E-state index contributed by atoms with van der Waals surface area (Å²) in [4.78, 5) is 14.7. The Kier molecular flexibility index (Phi) is 6.07. The fourth-order valence-corrected chi connectivity index (χ4v) is 4.08. The lowest BCUT2D eigenvalue weighted by molar-refractivity contribution is 0.153. The quantitative estimate of drug-likeness (QED) is 0.847. The maximum absolute atomic E-state index is 12.7. The van der Waals surface area contributed by atoms with Crippen molar-refractivity contribution >= 4 is 24.1 Å². The summed E-state index contributed by atoms with van der Waals surface area (Å²) in [6.07, 6.45) is 2.33. The molecule has 2 atom stereocenters. The Labute approximate surface area is 166 Å². The van der Waals surface area contributed by atoms with Gasteiger partial charge in [-0.1, -0.05) is 12.1 Å². The van der Waals surface area contributed by atoms with Crippen LogP contribution in [0.1, 0.15) is 29.8 Å². The summed E-state index contributed by atoms with van der Waals surface area (Å²) in [6, 6.07) is 10.5. The molecule has 1 aromatic heterocycles. The molecule has 2 N–H and O–H groups in total. The number of benzene rings is 1. The van der Waals surface area contributed by atoms with Crippen LogP contribution in [0.5, 0.6) is 0 Å². The van der Waals surface area contributed by atoms with Crippen molar-refractivity contribution in [1.82, 2.24) is 20.0 Å². The van der Waals surface area contributed by atoms with Crippen LogP contribution in [0.25, 0.3) is 0 Å². The van der Waals surface area contributed by atoms with E-state index in [1.807, 2.05) is 28.6 Å². The molecule has 0 radical (unpaired) electrons. The smallest absolute Gasteiger partial charge is 0.320 e. The van der Waals surface area contributed by atoms with Gasteiger partial charge in [0.05, 0.1) is 12.2 Å². The van der Waals surface area contributed by atoms with E-state index in [1.54, 1.807) is 0 Å². The van der Waals surface area contributed by atoms with E-state index in [4.69, 9.17) is 0 Å². The number of halogens is 1. The summed E-state index contributed by atoms with van der Waals surface area (Å²) in [5, 5.41) is 11.0. The van der Waals surface area contributed by atoms with Gasteiger partial charge in [-0.05, 0) is 62.9 Å². The first-order valence-corrected chi connectivity index (χ1v) is 9.47. The number of hydrogen-bond donors (Lipinski definition) is 2. The molecule has 3 fully saturated rings. The van der Waals surface area contributed by atoms with Gasteiger partial charge in [0.1, 0.15) is 0 Å². The maximum Gasteiger partial charge on any atom is 0.322 e. The Morgan fingerprint density at radius 1 is 1.22 bits per heavy atom. The standard InChI is InChI=1S/C20H27N5O.ClH/c1-14-9-15(2)25(23-14)13-16-3-6-18(7-4-16)22-20(26)24-12-17-5-8-19(24)11-21-10-17;/h3-4,6-7,9,17,19,21H,5,8,10-13H2,1-2H3,(H,22,26);1H/t17-,19+;/m1./s1. The first-order chi connectivity index (χ1) is 12.6. The van der Waals surface area contributed by atoms with Crippen LogP contribution >= 0.6 is 12.4 Å². The predicted molar refractivity (Wildman–Crippen MR) is 110 cm³/mol. The molecule has 27 heavy (non-hydrogen) atoms. The van der Waals surface area contributed by atoms with E-state index in [1.165, 1.54) is 12.0 Å². The zero-order valence-corrected chi connectivity index (χ0v) is 16.8. The van der Waals surface area contributed by atoms with E-state index < -0.39 is 0 Å². The third kappa shape index (κ3) is 4.45. The summed E-state index contributed by atoms with van der Waals surface area (Å²) >= 11 is 0. The molecule has 0 aliphatic carbocycles. The molecule has 3 aliphatic heterocycles. The number of amides is 2. The highest BCUT2D eigenvalue weighted by Crippen LogP contribution is 2.25. The zero-order chi connectivity index (χ0) is 18.1. The van der Waals surface area contributed by atoms with Crippen molar-refractivity contribution in [2.24, 2.45) is 5.92 Å². The number of hydrogen-bond acceptors (Lipinski definition) is 3. The van der Waals surface area contributed by atoms with E-state index in [0.717, 1.165) is 49.7 Å². The second kappa shape index (κ2) is 8.31. The molecular formula is C20H28ClN5O. The first kappa shape index (κ1) is 19.7. The molecule has 0 unspecified atom stereocenters. The SMILES string of the molecule is Cc1cc(C)n(Cc2ccc(NC(=O)N3C[C@@H]4CC[C@H]3CNC4)cc2)n1.Cl. The van der Waals surface area contributed by atoms with Crippen molar-refractivity contribution in [3.63, 3.8) is 0 Å². The van der Waals surface area contributed by atoms with Gasteiger partial charge in [0.2, 0.25) is 0 Å². The highest BCUT2D eigenvalue weighted by atomic mass is 35.5. The van der Waals surface area contributed by atoms with E-state index in [2.05, 4.69) is 40.9 Å². The molecule has 3 saturated heterocycles. The molecule has 6 nitrogen and oxygen atoms in total. The molecule has 7 heteroatoms. The highest BCUT2D eigenvalue weighted by molar-refractivity contribution is 5.89. The monoisotopic (exact) mass is 389 g/mol. The van der Waals surface area contributed by atoms with E-state index >= 15 is 0 Å². The molecule has 2 aromatic rings. The van der Waals surface area contributed by atoms with Crippen LogP contribution < -0.4 is 10.6 Å². The van der Waals surface area contributed by atoms with Gasteiger partial charge in [-0.15, -0.1) is 12.4 Å². The number of aryl methyl sites for hydroxylation is 2. The van der Waals surface area contributed by atoms with Gasteiger partial charge in [0, 0.05) is 30.5 Å². The van der Waals surface area contributed by atoms with Crippen LogP contribution in [0.4, 0.5) is 10.5 Å². The average molecular weight is 390 g/mol. The van der Waals surface area contributed by atoms with Crippen LogP contribution in [0, 0.1) is 19.8 Å². The molecule has 4 heterocycles. The highest BCUT2D eigenvalue weighted by Gasteiger charge is 2.34. The van der Waals surface area contributed by atoms with E-state index in [-0.39, 0.29) is 18.4 Å². The van der Waals surface area contributed by atoms with Crippen molar-refractivity contribution in [1.29, 1.82) is 0 Å². The normalized spacial score (nSPS) is 21.5. The molecule has 5 rings (SSSR count). The van der Waals surface area contributed by atoms with Gasteiger partial charge in [-0.2, -0.15) is 5.10 Å². The minimum Gasteiger partial charge on any atom is -0.320 e. The largest absolute Gasteiger partial charge is 0.322 e. The lowest BCUT2D eigenvalue weighted by Crippen LogP contribution is -2.49. The Balaban J connectivity index is 0.00000210. The Morgan fingerprint density at radius 3 is 2.70 bits per heavy atom. The van der Waals surface area contributed by atoms with Crippen LogP contribution in [-0.2, 0) is 6.54 Å². The van der Waals surface area contributed by atoms with Gasteiger partial charge < -0.3 is 15.5 Å². The summed E-state index contributed by atoms with van der Waals surface area (Å²) in [5.41, 5.74) is 4.21. The number of urea groups is 1. The number of nitrogens with zero attached hydrogens (tertiary/aromatic N) is 3. The summed E-state index contributed by atoms with van der Waals surface area (Å²) in [5.74, 6) is 0.586. The predicted octanol–water partition coefficient (Wildman–Crippen LogP) is 3.19. The van der Waals surface area contributed by atoms with E-state index in [9.17, 15) is 4.79 Å². The molecule has 1 aromatic carbocycles. The molecule has 2 amide bonds. The van der Waals surface area contributed by atoms with Crippen molar-refractivity contribution in [2.75, 3.05) is 25.0 Å². The van der Waals surface area contributed by atoms with Crippen molar-refractivity contribution in [2.45, 2.75) is 39.3 Å². The van der Waals surface area contributed by atoms with Gasteiger partial charge in [0.25, 0.3) is 0 Å². The molecule has 2 bridgehead atoms. The van der Waals surface area contributed by atoms with Crippen LogP contribution in [0.2, 0.25) is 0 Å². The number of anilines is 1. The van der Waals surface area contributed by atoms with Crippen molar-refractivity contribution in [3.05, 3.63) is 47.3 Å². The second-order valence-electron chi connectivity index (χ2n) is 7.62. The number of carbonyl (C=O) groups is 1. The van der Waals surface area contributed by atoms with Crippen LogP contribution in [-0.4, -0.2) is 46.4 Å². The third-order valence-corrected chi connectivity index (χ3v) is 5.52. The average Bonchev–Trinajstić information content (AvgIpc) is 2.83. The number of carbonyl (C=O) groups excluding carboxylic acids is 1. The van der Waals surface area contributed by atoms with Gasteiger partial charge in [0.15, 0.2) is 0 Å². The van der Waals surface area contributed by atoms with Crippen molar-refractivity contribution in [3.8, 4) is 0 Å². The first-order valence-electron chi connectivity index (χ1n) is 9.47. The number of fused-ring (bicyclic) bond motifs is 4. The summed E-state index contributed by atoms with van der Waals surface area (Å²) in [6.45, 7) is 7.62. The number of nitrogens with one attached hydrogen (secondary N) is 2. The topological polar surface area (TPSA) is 62.2 Å². The molecule has 3 aliphatic rings. The van der Waals surface area contributed by atoms with Crippen molar-refractivity contribution < 1.29 is 4.79 Å². The van der Waals surface area contributed by atoms with Gasteiger partial charge >= 0.3 is 6.03 Å². The summed E-state index contributed by atoms with van der Waals surface area (Å²) in [7, 11) is 0. The fraction of sp³-hybridized carbons (Fsp3) is 0.500. The van der Waals surface area contributed by atoms with Gasteiger partial charge in [-0.25, -0.2) is 4.79 Å². The Bertz CT molecular complexity index is 784. The number of aromatic nitrogens is 2. The van der Waals surface area contributed by atoms with E-state index in [0.29, 0.717) is 12.0 Å². The Morgan fingerprint density at radius 2 is 2.00 bits per heavy atom. The summed E-state index contributed by atoms with van der Waals surface area (Å²) < 4.78 is 2.00. The zero-order valence-electron chi connectivity index (χ0n) is 15.9. The minimum atomic E-state index is 0. The maximum atomic E-state index is 12.7. The Hall–Kier alpha value is -2.05. The minimum absolute atomic E-state index is 0. The third-order valence-electron chi connectivity index (χ3n) is 5.52. The molecule has 0 saturated carbocycles. The molecule has 146 valence electrons. The lowest BCUT2D eigenvalue weighted by atomic mass is 9.95. The molecule has 0 spiro atoms. The van der Waals surface area contributed by atoms with Gasteiger partial charge in [-0.3, -0.25) is 4.68 Å². The number of rotatable bonds is 3. The van der Waals surface area contributed by atoms with Crippen LogP contribution in [0.3, 0.4) is 0 Å².